The van der Waals surface area contributed by atoms with Gasteiger partial charge in [-0.25, -0.2) is 0 Å². The second-order valence-corrected chi connectivity index (χ2v) is 12.1. The van der Waals surface area contributed by atoms with E-state index in [2.05, 4.69) is 38.4 Å². The molecule has 4 heteroatoms. The maximum Gasteiger partial charge on any atom is 0.220 e. The molecule has 3 aliphatic rings. The summed E-state index contributed by atoms with van der Waals surface area (Å²) in [5, 5.41) is 0.234. The Hall–Kier alpha value is -0.353. The van der Waals surface area contributed by atoms with Crippen molar-refractivity contribution in [2.75, 3.05) is 0 Å². The van der Waals surface area contributed by atoms with Gasteiger partial charge < -0.3 is 9.30 Å². The molecule has 16 heavy (non-hydrogen) atoms. The van der Waals surface area contributed by atoms with Crippen LogP contribution in [0, 0.1) is 5.92 Å². The number of hydrogen-bond donors (Lipinski definition) is 0. The van der Waals surface area contributed by atoms with E-state index in [1.54, 1.807) is 0 Å². The molecule has 0 spiro atoms. The second-order valence-electron chi connectivity index (χ2n) is 6.99. The quantitative estimate of drug-likeness (QED) is 0.518. The van der Waals surface area contributed by atoms with Gasteiger partial charge in [0.2, 0.25) is 5.91 Å². The fraction of sp³-hybridized carbons (Fsp3) is 0.917. The van der Waals surface area contributed by atoms with E-state index in [-0.39, 0.29) is 11.0 Å². The third-order valence-electron chi connectivity index (χ3n) is 5.16. The van der Waals surface area contributed by atoms with E-state index in [4.69, 9.17) is 4.74 Å². The van der Waals surface area contributed by atoms with Gasteiger partial charge in [0.15, 0.2) is 8.24 Å². The van der Waals surface area contributed by atoms with Crippen molar-refractivity contribution in [1.82, 2.24) is 4.57 Å². The zero-order valence-corrected chi connectivity index (χ0v) is 11.8. The predicted molar refractivity (Wildman–Crippen MR) is 64.6 cm³/mol. The third kappa shape index (κ3) is 1.10. The Morgan fingerprint density at radius 3 is 2.44 bits per heavy atom. The molecule has 2 saturated heterocycles. The number of epoxide rings is 1. The number of hydrogen-bond acceptors (Lipinski definition) is 2. The number of amides is 1. The minimum absolute atomic E-state index is 0.198. The molecule has 0 radical (unpaired) electrons. The zero-order chi connectivity index (χ0) is 11.9. The van der Waals surface area contributed by atoms with Gasteiger partial charge in [-0.2, -0.15) is 0 Å². The molecule has 3 nitrogen and oxygen atoms in total. The molecule has 0 aromatic rings. The molecule has 90 valence electrons. The van der Waals surface area contributed by atoms with Gasteiger partial charge in [-0.15, -0.1) is 0 Å². The van der Waals surface area contributed by atoms with E-state index < -0.39 is 8.24 Å². The topological polar surface area (TPSA) is 32.8 Å². The second kappa shape index (κ2) is 2.72. The molecule has 1 aliphatic carbocycles. The van der Waals surface area contributed by atoms with Gasteiger partial charge in [-0.05, 0) is 11.5 Å². The summed E-state index contributed by atoms with van der Waals surface area (Å²) >= 11 is 0. The van der Waals surface area contributed by atoms with Gasteiger partial charge in [0, 0.05) is 0 Å². The fourth-order valence-corrected chi connectivity index (χ4v) is 5.71. The molecule has 3 fully saturated rings. The van der Waals surface area contributed by atoms with E-state index in [9.17, 15) is 4.79 Å². The summed E-state index contributed by atoms with van der Waals surface area (Å²) in [6.07, 6.45) is 1.73. The van der Waals surface area contributed by atoms with Crippen molar-refractivity contribution in [2.24, 2.45) is 5.92 Å². The van der Waals surface area contributed by atoms with E-state index >= 15 is 0 Å². The van der Waals surface area contributed by atoms with Crippen LogP contribution in [0.4, 0.5) is 0 Å². The Kier molecular flexibility index (Phi) is 1.83. The first-order valence-corrected chi connectivity index (χ1v) is 9.18. The summed E-state index contributed by atoms with van der Waals surface area (Å²) in [5.74, 6) is 0.583. The van der Waals surface area contributed by atoms with Gasteiger partial charge in [-0.1, -0.05) is 33.9 Å². The highest BCUT2D eigenvalue weighted by Crippen LogP contribution is 2.55. The van der Waals surface area contributed by atoms with Gasteiger partial charge in [0.25, 0.3) is 0 Å². The maximum atomic E-state index is 12.4. The van der Waals surface area contributed by atoms with Crippen LogP contribution >= 0.6 is 0 Å². The lowest BCUT2D eigenvalue weighted by molar-refractivity contribution is -0.129. The summed E-state index contributed by atoms with van der Waals surface area (Å²) in [6.45, 7) is 11.4. The number of carbonyl (C=O) groups excluding carboxylic acids is 1. The van der Waals surface area contributed by atoms with Crippen LogP contribution < -0.4 is 0 Å². The Morgan fingerprint density at radius 2 is 1.94 bits per heavy atom. The van der Waals surface area contributed by atoms with Crippen LogP contribution in [-0.4, -0.2) is 37.0 Å². The number of piperidine rings is 1. The molecule has 4 atom stereocenters. The zero-order valence-electron chi connectivity index (χ0n) is 10.8. The van der Waals surface area contributed by atoms with Gasteiger partial charge in [0.1, 0.15) is 6.10 Å². The molecule has 3 rings (SSSR count). The number of nitrogens with zero attached hydrogens (tertiary/aromatic N) is 1. The average Bonchev–Trinajstić information content (AvgIpc) is 2.75. The number of ether oxygens (including phenoxy) is 1. The molecule has 2 aliphatic heterocycles. The van der Waals surface area contributed by atoms with Crippen molar-refractivity contribution >= 4 is 14.1 Å². The number of carbonyl (C=O) groups is 1. The smallest absolute Gasteiger partial charge is 0.220 e. The van der Waals surface area contributed by atoms with Crippen molar-refractivity contribution in [3.05, 3.63) is 0 Å². The molecule has 0 aromatic carbocycles. The first kappa shape index (κ1) is 10.8. The molecule has 0 N–H and O–H groups in total. The lowest BCUT2D eigenvalue weighted by atomic mass is 10.1. The largest absolute Gasteiger partial charge is 0.367 e. The average molecular weight is 239 g/mol. The van der Waals surface area contributed by atoms with Crippen molar-refractivity contribution in [3.8, 4) is 0 Å². The highest BCUT2D eigenvalue weighted by molar-refractivity contribution is 6.79. The summed E-state index contributed by atoms with van der Waals surface area (Å²) in [5.41, 5.74) is 0. The van der Waals surface area contributed by atoms with Crippen molar-refractivity contribution in [2.45, 2.75) is 63.6 Å². The molecule has 1 saturated carbocycles. The third-order valence-corrected chi connectivity index (χ3v) is 10.6. The molecular formula is C12H21NO2Si. The van der Waals surface area contributed by atoms with Crippen molar-refractivity contribution < 1.29 is 9.53 Å². The Morgan fingerprint density at radius 1 is 1.31 bits per heavy atom. The summed E-state index contributed by atoms with van der Waals surface area (Å²) in [6, 6.07) is 0.406. The lowest BCUT2D eigenvalue weighted by Gasteiger charge is -2.47. The van der Waals surface area contributed by atoms with Crippen molar-refractivity contribution in [1.29, 1.82) is 0 Å². The predicted octanol–water partition coefficient (Wildman–Crippen LogP) is 1.99. The lowest BCUT2D eigenvalue weighted by Crippen LogP contribution is -2.61. The Labute approximate surface area is 98.2 Å². The van der Waals surface area contributed by atoms with E-state index in [1.807, 2.05) is 0 Å². The Bertz CT molecular complexity index is 361. The molecule has 2 heterocycles. The summed E-state index contributed by atoms with van der Waals surface area (Å²) in [4.78, 5) is 12.4. The highest BCUT2D eigenvalue weighted by Gasteiger charge is 2.69. The molecule has 1 amide bonds. The Balaban J connectivity index is 1.94. The maximum absolute atomic E-state index is 12.4. The SMILES string of the molecule is CC(C)(C)[Si](C)(C)N1C(=O)[C@@H]2C[C@H]1[C@H]1O[C@H]12. The van der Waals surface area contributed by atoms with E-state index in [0.29, 0.717) is 24.2 Å². The van der Waals surface area contributed by atoms with E-state index in [1.165, 1.54) is 0 Å². The van der Waals surface area contributed by atoms with Crippen LogP contribution in [0.3, 0.4) is 0 Å². The standard InChI is InChI=1S/C12H21NO2Si/c1-12(2,3)16(4,5)13-8-6-7(11(13)14)9-10(8)15-9/h7-10H,6H2,1-5H3/t7-,8+,9+,10-/m1/s1. The van der Waals surface area contributed by atoms with Crippen molar-refractivity contribution in [3.63, 3.8) is 0 Å². The first-order valence-electron chi connectivity index (χ1n) is 6.24. The minimum atomic E-state index is -1.70. The molecular weight excluding hydrogens is 218 g/mol. The minimum Gasteiger partial charge on any atom is -0.367 e. The fourth-order valence-electron chi connectivity index (χ4n) is 3.19. The summed E-state index contributed by atoms with van der Waals surface area (Å²) < 4.78 is 7.86. The normalized spacial score (nSPS) is 41.6. The number of fused-ring (bicyclic) bond motifs is 5. The number of rotatable bonds is 1. The monoisotopic (exact) mass is 239 g/mol. The molecule has 0 aromatic heterocycles. The van der Waals surface area contributed by atoms with Crippen LogP contribution in [0.5, 0.6) is 0 Å². The summed E-state index contributed by atoms with van der Waals surface area (Å²) in [7, 11) is -1.70. The van der Waals surface area contributed by atoms with Crippen LogP contribution in [0.25, 0.3) is 0 Å². The first-order chi connectivity index (χ1) is 7.25. The van der Waals surface area contributed by atoms with Gasteiger partial charge in [0.05, 0.1) is 18.1 Å². The van der Waals surface area contributed by atoms with E-state index in [0.717, 1.165) is 6.42 Å². The van der Waals surface area contributed by atoms with Gasteiger partial charge in [-0.3, -0.25) is 4.79 Å². The highest BCUT2D eigenvalue weighted by atomic mass is 28.3. The van der Waals surface area contributed by atoms with Crippen LogP contribution in [0.15, 0.2) is 0 Å². The van der Waals surface area contributed by atoms with Crippen LogP contribution in [0.2, 0.25) is 18.1 Å². The van der Waals surface area contributed by atoms with Gasteiger partial charge >= 0.3 is 0 Å². The van der Waals surface area contributed by atoms with Crippen LogP contribution in [-0.2, 0) is 9.53 Å². The van der Waals surface area contributed by atoms with Crippen LogP contribution in [0.1, 0.15) is 27.2 Å². The molecule has 2 bridgehead atoms. The molecule has 0 unspecified atom stereocenters.